The van der Waals surface area contributed by atoms with E-state index in [-0.39, 0.29) is 11.2 Å². The van der Waals surface area contributed by atoms with Crippen molar-refractivity contribution in [2.45, 2.75) is 17.2 Å². The highest BCUT2D eigenvalue weighted by Gasteiger charge is 2.14. The molecule has 0 aliphatic carbocycles. The molecule has 2 aromatic rings. The molecule has 1 aromatic heterocycles. The van der Waals surface area contributed by atoms with E-state index in [2.05, 4.69) is 20.2 Å². The minimum atomic E-state index is -0.396. The Morgan fingerprint density at radius 2 is 2.00 bits per heavy atom. The van der Waals surface area contributed by atoms with Crippen LogP contribution < -0.4 is 5.43 Å². The van der Waals surface area contributed by atoms with Crippen LogP contribution in [0.4, 0.5) is 0 Å². The molecule has 7 heteroatoms. The van der Waals surface area contributed by atoms with Gasteiger partial charge in [-0.05, 0) is 36.8 Å². The van der Waals surface area contributed by atoms with Gasteiger partial charge in [0.05, 0.1) is 29.2 Å². The van der Waals surface area contributed by atoms with E-state index in [9.17, 15) is 9.59 Å². The Morgan fingerprint density at radius 1 is 1.25 bits per heavy atom. The van der Waals surface area contributed by atoms with Gasteiger partial charge in [-0.2, -0.15) is 5.10 Å². The molecule has 24 heavy (non-hydrogen) atoms. The molecule has 124 valence electrons. The number of amides is 1. The second-order valence-corrected chi connectivity index (χ2v) is 6.14. The van der Waals surface area contributed by atoms with Gasteiger partial charge in [-0.3, -0.25) is 4.79 Å². The summed E-state index contributed by atoms with van der Waals surface area (Å²) in [6.07, 6.45) is 3.19. The predicted molar refractivity (Wildman–Crippen MR) is 93.1 cm³/mol. The molecule has 0 saturated carbocycles. The normalized spacial score (nSPS) is 11.9. The van der Waals surface area contributed by atoms with Crippen LogP contribution in [0.2, 0.25) is 0 Å². The summed E-state index contributed by atoms with van der Waals surface area (Å²) in [5.74, 6) is -0.611. The molecule has 0 fully saturated rings. The van der Waals surface area contributed by atoms with Gasteiger partial charge in [0.2, 0.25) is 0 Å². The van der Waals surface area contributed by atoms with E-state index < -0.39 is 5.97 Å². The third-order valence-electron chi connectivity index (χ3n) is 3.02. The van der Waals surface area contributed by atoms with Crippen LogP contribution in [0, 0.1) is 0 Å². The van der Waals surface area contributed by atoms with Gasteiger partial charge in [0.15, 0.2) is 0 Å². The average molecular weight is 343 g/mol. The standard InChI is InChI=1S/C17H17N3O3S/c1-12(24-15-5-3-4-10-18-15)16(21)20-19-11-13-6-8-14(9-7-13)17(22)23-2/h3-12H,1-2H3,(H,20,21). The topological polar surface area (TPSA) is 80.6 Å². The van der Waals surface area contributed by atoms with Crippen LogP contribution in [0.5, 0.6) is 0 Å². The Hall–Kier alpha value is -2.67. The van der Waals surface area contributed by atoms with Crippen LogP contribution >= 0.6 is 11.8 Å². The van der Waals surface area contributed by atoms with Crippen LogP contribution in [0.3, 0.4) is 0 Å². The number of esters is 1. The third kappa shape index (κ3) is 5.20. The largest absolute Gasteiger partial charge is 0.465 e. The fourth-order valence-electron chi connectivity index (χ4n) is 1.74. The maximum absolute atomic E-state index is 12.0. The minimum absolute atomic E-state index is 0.215. The SMILES string of the molecule is COC(=O)c1ccc(C=NNC(=O)C(C)Sc2ccccn2)cc1. The first kappa shape index (κ1) is 17.7. The van der Waals surface area contributed by atoms with Crippen molar-refractivity contribution in [2.24, 2.45) is 5.10 Å². The molecule has 1 atom stereocenters. The second-order valence-electron chi connectivity index (χ2n) is 4.78. The van der Waals surface area contributed by atoms with Gasteiger partial charge in [0.1, 0.15) is 0 Å². The number of hydrazone groups is 1. The van der Waals surface area contributed by atoms with Gasteiger partial charge in [0, 0.05) is 6.20 Å². The van der Waals surface area contributed by atoms with Crippen molar-refractivity contribution < 1.29 is 14.3 Å². The Bertz CT molecular complexity index is 718. The number of hydrogen-bond acceptors (Lipinski definition) is 6. The van der Waals surface area contributed by atoms with E-state index in [0.29, 0.717) is 5.56 Å². The minimum Gasteiger partial charge on any atom is -0.465 e. The van der Waals surface area contributed by atoms with Crippen LogP contribution in [-0.2, 0) is 9.53 Å². The molecule has 0 bridgehead atoms. The highest BCUT2D eigenvalue weighted by Crippen LogP contribution is 2.20. The summed E-state index contributed by atoms with van der Waals surface area (Å²) >= 11 is 1.36. The van der Waals surface area contributed by atoms with Crippen molar-refractivity contribution in [3.8, 4) is 0 Å². The lowest BCUT2D eigenvalue weighted by atomic mass is 10.1. The monoisotopic (exact) mass is 343 g/mol. The number of carbonyl (C=O) groups is 2. The number of rotatable bonds is 6. The van der Waals surface area contributed by atoms with E-state index in [1.807, 2.05) is 18.2 Å². The van der Waals surface area contributed by atoms with Crippen molar-refractivity contribution in [3.05, 3.63) is 59.8 Å². The van der Waals surface area contributed by atoms with E-state index in [1.54, 1.807) is 37.4 Å². The Balaban J connectivity index is 1.86. The summed E-state index contributed by atoms with van der Waals surface area (Å²) in [5, 5.41) is 4.38. The van der Waals surface area contributed by atoms with Crippen LogP contribution in [0.25, 0.3) is 0 Å². The number of aromatic nitrogens is 1. The fraction of sp³-hybridized carbons (Fsp3) is 0.176. The van der Waals surface area contributed by atoms with Gasteiger partial charge in [-0.25, -0.2) is 15.2 Å². The summed E-state index contributed by atoms with van der Waals surface area (Å²) in [7, 11) is 1.33. The van der Waals surface area contributed by atoms with Crippen LogP contribution in [0.1, 0.15) is 22.8 Å². The van der Waals surface area contributed by atoms with Crippen molar-refractivity contribution >= 4 is 29.9 Å². The second kappa shape index (κ2) is 8.83. The maximum Gasteiger partial charge on any atom is 0.337 e. The predicted octanol–water partition coefficient (Wildman–Crippen LogP) is 2.50. The first-order chi connectivity index (χ1) is 11.6. The summed E-state index contributed by atoms with van der Waals surface area (Å²) in [4.78, 5) is 27.5. The number of thioether (sulfide) groups is 1. The average Bonchev–Trinajstić information content (AvgIpc) is 2.62. The smallest absolute Gasteiger partial charge is 0.337 e. The number of methoxy groups -OCH3 is 1. The molecular formula is C17H17N3O3S. The summed E-state index contributed by atoms with van der Waals surface area (Å²) in [5.41, 5.74) is 3.70. The Labute approximate surface area is 144 Å². The molecule has 0 radical (unpaired) electrons. The van der Waals surface area contributed by atoms with Gasteiger partial charge in [0.25, 0.3) is 5.91 Å². The molecule has 0 aliphatic rings. The van der Waals surface area contributed by atoms with E-state index in [4.69, 9.17) is 0 Å². The first-order valence-electron chi connectivity index (χ1n) is 7.19. The zero-order chi connectivity index (χ0) is 17.4. The highest BCUT2D eigenvalue weighted by molar-refractivity contribution is 8.00. The van der Waals surface area contributed by atoms with Gasteiger partial charge < -0.3 is 4.74 Å². The lowest BCUT2D eigenvalue weighted by Crippen LogP contribution is -2.26. The summed E-state index contributed by atoms with van der Waals surface area (Å²) in [6.45, 7) is 1.79. The molecule has 0 spiro atoms. The zero-order valence-corrected chi connectivity index (χ0v) is 14.1. The molecule has 0 saturated heterocycles. The van der Waals surface area contributed by atoms with Crippen molar-refractivity contribution in [3.63, 3.8) is 0 Å². The molecule has 1 aromatic carbocycles. The van der Waals surface area contributed by atoms with Crippen molar-refractivity contribution in [1.82, 2.24) is 10.4 Å². The number of hydrogen-bond donors (Lipinski definition) is 1. The van der Waals surface area contributed by atoms with Gasteiger partial charge >= 0.3 is 5.97 Å². The number of nitrogens with one attached hydrogen (secondary N) is 1. The number of nitrogens with zero attached hydrogens (tertiary/aromatic N) is 2. The number of carbonyl (C=O) groups excluding carboxylic acids is 2. The molecule has 1 N–H and O–H groups in total. The maximum atomic E-state index is 12.0. The highest BCUT2D eigenvalue weighted by atomic mass is 32.2. The zero-order valence-electron chi connectivity index (χ0n) is 13.3. The lowest BCUT2D eigenvalue weighted by molar-refractivity contribution is -0.120. The molecule has 1 amide bonds. The lowest BCUT2D eigenvalue weighted by Gasteiger charge is -2.08. The number of ether oxygens (including phenoxy) is 1. The molecule has 0 aliphatic heterocycles. The summed E-state index contributed by atoms with van der Waals surface area (Å²) < 4.78 is 4.63. The van der Waals surface area contributed by atoms with Crippen molar-refractivity contribution in [2.75, 3.05) is 7.11 Å². The van der Waals surface area contributed by atoms with E-state index >= 15 is 0 Å². The molecular weight excluding hydrogens is 326 g/mol. The van der Waals surface area contributed by atoms with Crippen LogP contribution in [-0.4, -0.2) is 35.4 Å². The van der Waals surface area contributed by atoms with Gasteiger partial charge in [-0.15, -0.1) is 0 Å². The third-order valence-corrected chi connectivity index (χ3v) is 4.08. The summed E-state index contributed by atoms with van der Waals surface area (Å²) in [6, 6.07) is 12.2. The van der Waals surface area contributed by atoms with Gasteiger partial charge in [-0.1, -0.05) is 30.0 Å². The Morgan fingerprint density at radius 3 is 2.62 bits per heavy atom. The molecule has 1 heterocycles. The Kier molecular flexibility index (Phi) is 6.51. The van der Waals surface area contributed by atoms with Crippen molar-refractivity contribution in [1.29, 1.82) is 0 Å². The van der Waals surface area contributed by atoms with Crippen LogP contribution in [0.15, 0.2) is 58.8 Å². The van der Waals surface area contributed by atoms with E-state index in [1.165, 1.54) is 25.1 Å². The van der Waals surface area contributed by atoms with E-state index in [0.717, 1.165) is 10.6 Å². The number of benzene rings is 1. The number of pyridine rings is 1. The molecule has 1 unspecified atom stereocenters. The fourth-order valence-corrected chi connectivity index (χ4v) is 2.54. The molecule has 2 rings (SSSR count). The first-order valence-corrected chi connectivity index (χ1v) is 8.07. The quantitative estimate of drug-likeness (QED) is 0.377. The molecule has 6 nitrogen and oxygen atoms in total.